The monoisotopic (exact) mass is 321 g/mol. The molecule has 0 saturated carbocycles. The van der Waals surface area contributed by atoms with E-state index in [2.05, 4.69) is 40.3 Å². The first-order valence-corrected chi connectivity index (χ1v) is 7.13. The molecule has 0 heterocycles. The lowest BCUT2D eigenvalue weighted by molar-refractivity contribution is 0.474. The summed E-state index contributed by atoms with van der Waals surface area (Å²) in [7, 11) is 0. The van der Waals surface area contributed by atoms with Crippen molar-refractivity contribution in [2.24, 2.45) is 0 Å². The van der Waals surface area contributed by atoms with Gasteiger partial charge in [0.25, 0.3) is 0 Å². The van der Waals surface area contributed by atoms with Crippen molar-refractivity contribution >= 4 is 15.9 Å². The molecule has 0 aliphatic carbocycles. The SMILES string of the molecule is CC(NC(C)c1ccccc1F)c1ccc(Br)cc1. The normalized spacial score (nSPS) is 14.1. The summed E-state index contributed by atoms with van der Waals surface area (Å²) < 4.78 is 14.8. The zero-order chi connectivity index (χ0) is 13.8. The predicted molar refractivity (Wildman–Crippen MR) is 80.5 cm³/mol. The lowest BCUT2D eigenvalue weighted by atomic mass is 10.0. The molecule has 0 aromatic heterocycles. The quantitative estimate of drug-likeness (QED) is 0.835. The molecular formula is C16H17BrFN. The third-order valence-electron chi connectivity index (χ3n) is 3.24. The van der Waals surface area contributed by atoms with E-state index >= 15 is 0 Å². The highest BCUT2D eigenvalue weighted by Crippen LogP contribution is 2.22. The van der Waals surface area contributed by atoms with Crippen molar-refractivity contribution < 1.29 is 4.39 Å². The molecule has 2 aromatic rings. The Morgan fingerprint density at radius 1 is 0.947 bits per heavy atom. The molecule has 2 rings (SSSR count). The molecule has 0 spiro atoms. The van der Waals surface area contributed by atoms with E-state index in [1.165, 1.54) is 11.6 Å². The first-order chi connectivity index (χ1) is 9.08. The van der Waals surface area contributed by atoms with Crippen LogP contribution in [0.3, 0.4) is 0 Å². The van der Waals surface area contributed by atoms with Crippen LogP contribution >= 0.6 is 15.9 Å². The Labute approximate surface area is 122 Å². The maximum atomic E-state index is 13.7. The molecule has 0 radical (unpaired) electrons. The lowest BCUT2D eigenvalue weighted by Gasteiger charge is -2.21. The fraction of sp³-hybridized carbons (Fsp3) is 0.250. The minimum Gasteiger partial charge on any atom is -0.304 e. The molecule has 0 bridgehead atoms. The first-order valence-electron chi connectivity index (χ1n) is 6.34. The molecule has 19 heavy (non-hydrogen) atoms. The van der Waals surface area contributed by atoms with Crippen LogP contribution < -0.4 is 5.32 Å². The molecule has 0 amide bonds. The van der Waals surface area contributed by atoms with E-state index in [9.17, 15) is 4.39 Å². The van der Waals surface area contributed by atoms with Crippen LogP contribution in [-0.4, -0.2) is 0 Å². The first kappa shape index (κ1) is 14.2. The standard InChI is InChI=1S/C16H17BrFN/c1-11(13-7-9-14(17)10-8-13)19-12(2)15-5-3-4-6-16(15)18/h3-12,19H,1-2H3. The molecule has 2 aromatic carbocycles. The second-order valence-corrected chi connectivity index (χ2v) is 5.60. The average molecular weight is 322 g/mol. The Balaban J connectivity index is 2.08. The van der Waals surface area contributed by atoms with E-state index in [1.807, 2.05) is 31.2 Å². The van der Waals surface area contributed by atoms with Crippen molar-refractivity contribution in [1.82, 2.24) is 5.32 Å². The van der Waals surface area contributed by atoms with Crippen molar-refractivity contribution in [3.05, 3.63) is 69.9 Å². The van der Waals surface area contributed by atoms with Crippen LogP contribution in [0.25, 0.3) is 0 Å². The fourth-order valence-corrected chi connectivity index (χ4v) is 2.40. The molecule has 1 nitrogen and oxygen atoms in total. The van der Waals surface area contributed by atoms with Gasteiger partial charge in [-0.05, 0) is 37.6 Å². The molecule has 2 atom stereocenters. The smallest absolute Gasteiger partial charge is 0.127 e. The van der Waals surface area contributed by atoms with Crippen LogP contribution in [-0.2, 0) is 0 Å². The number of hydrogen-bond acceptors (Lipinski definition) is 1. The molecular weight excluding hydrogens is 305 g/mol. The molecule has 100 valence electrons. The van der Waals surface area contributed by atoms with Gasteiger partial charge in [0.1, 0.15) is 5.82 Å². The summed E-state index contributed by atoms with van der Waals surface area (Å²) in [5, 5.41) is 3.42. The summed E-state index contributed by atoms with van der Waals surface area (Å²) in [4.78, 5) is 0. The predicted octanol–water partition coefficient (Wildman–Crippen LogP) is 5.00. The third-order valence-corrected chi connectivity index (χ3v) is 3.77. The van der Waals surface area contributed by atoms with E-state index in [1.54, 1.807) is 6.07 Å². The van der Waals surface area contributed by atoms with Gasteiger partial charge in [0.05, 0.1) is 0 Å². The van der Waals surface area contributed by atoms with Gasteiger partial charge >= 0.3 is 0 Å². The summed E-state index contributed by atoms with van der Waals surface area (Å²) in [5.41, 5.74) is 1.89. The second-order valence-electron chi connectivity index (χ2n) is 4.68. The number of benzene rings is 2. The molecule has 0 aliphatic heterocycles. The van der Waals surface area contributed by atoms with E-state index in [0.29, 0.717) is 5.56 Å². The third kappa shape index (κ3) is 3.64. The minimum atomic E-state index is -0.162. The number of hydrogen-bond donors (Lipinski definition) is 1. The van der Waals surface area contributed by atoms with Gasteiger partial charge in [-0.2, -0.15) is 0 Å². The van der Waals surface area contributed by atoms with Crippen LogP contribution in [0.4, 0.5) is 4.39 Å². The van der Waals surface area contributed by atoms with Crippen molar-refractivity contribution in [2.75, 3.05) is 0 Å². The molecule has 3 heteroatoms. The highest BCUT2D eigenvalue weighted by atomic mass is 79.9. The van der Waals surface area contributed by atoms with Crippen LogP contribution in [0.1, 0.15) is 37.1 Å². The molecule has 1 N–H and O–H groups in total. The molecule has 2 unspecified atom stereocenters. The summed E-state index contributed by atoms with van der Waals surface area (Å²) in [6.07, 6.45) is 0. The summed E-state index contributed by atoms with van der Waals surface area (Å²) in [5.74, 6) is -0.162. The largest absolute Gasteiger partial charge is 0.304 e. The van der Waals surface area contributed by atoms with Gasteiger partial charge in [-0.15, -0.1) is 0 Å². The zero-order valence-corrected chi connectivity index (χ0v) is 12.6. The van der Waals surface area contributed by atoms with Gasteiger partial charge in [0.15, 0.2) is 0 Å². The van der Waals surface area contributed by atoms with Crippen LogP contribution in [0.15, 0.2) is 53.0 Å². The van der Waals surface area contributed by atoms with E-state index in [0.717, 1.165) is 4.47 Å². The highest BCUT2D eigenvalue weighted by Gasteiger charge is 2.13. The average Bonchev–Trinajstić information content (AvgIpc) is 2.39. The van der Waals surface area contributed by atoms with Crippen molar-refractivity contribution in [1.29, 1.82) is 0 Å². The number of rotatable bonds is 4. The van der Waals surface area contributed by atoms with E-state index < -0.39 is 0 Å². The van der Waals surface area contributed by atoms with Crippen molar-refractivity contribution in [3.8, 4) is 0 Å². The van der Waals surface area contributed by atoms with Gasteiger partial charge in [0.2, 0.25) is 0 Å². The van der Waals surface area contributed by atoms with Crippen molar-refractivity contribution in [2.45, 2.75) is 25.9 Å². The lowest BCUT2D eigenvalue weighted by Crippen LogP contribution is -2.23. The van der Waals surface area contributed by atoms with Gasteiger partial charge < -0.3 is 5.32 Å². The van der Waals surface area contributed by atoms with Crippen molar-refractivity contribution in [3.63, 3.8) is 0 Å². The maximum absolute atomic E-state index is 13.7. The summed E-state index contributed by atoms with van der Waals surface area (Å²) in [6, 6.07) is 15.2. The Bertz CT molecular complexity index is 539. The van der Waals surface area contributed by atoms with E-state index in [4.69, 9.17) is 0 Å². The molecule has 0 aliphatic rings. The van der Waals surface area contributed by atoms with Crippen LogP contribution in [0.5, 0.6) is 0 Å². The maximum Gasteiger partial charge on any atom is 0.127 e. The van der Waals surface area contributed by atoms with Crippen LogP contribution in [0.2, 0.25) is 0 Å². The fourth-order valence-electron chi connectivity index (χ4n) is 2.14. The molecule has 0 saturated heterocycles. The zero-order valence-electron chi connectivity index (χ0n) is 11.0. The van der Waals surface area contributed by atoms with Gasteiger partial charge in [-0.25, -0.2) is 4.39 Å². The Morgan fingerprint density at radius 2 is 1.58 bits per heavy atom. The summed E-state index contributed by atoms with van der Waals surface area (Å²) >= 11 is 3.42. The topological polar surface area (TPSA) is 12.0 Å². The number of halogens is 2. The highest BCUT2D eigenvalue weighted by molar-refractivity contribution is 9.10. The number of nitrogens with one attached hydrogen (secondary N) is 1. The van der Waals surface area contributed by atoms with Gasteiger partial charge in [-0.1, -0.05) is 46.3 Å². The van der Waals surface area contributed by atoms with Gasteiger partial charge in [0, 0.05) is 22.1 Å². The minimum absolute atomic E-state index is 0.0279. The second kappa shape index (κ2) is 6.31. The van der Waals surface area contributed by atoms with E-state index in [-0.39, 0.29) is 17.9 Å². The Hall–Kier alpha value is -1.19. The van der Waals surface area contributed by atoms with Crippen LogP contribution in [0, 0.1) is 5.82 Å². The Kier molecular flexibility index (Phi) is 4.72. The van der Waals surface area contributed by atoms with Gasteiger partial charge in [-0.3, -0.25) is 0 Å². The summed E-state index contributed by atoms with van der Waals surface area (Å²) in [6.45, 7) is 4.06. The Morgan fingerprint density at radius 3 is 2.21 bits per heavy atom. The molecule has 0 fully saturated rings.